The lowest BCUT2D eigenvalue weighted by Gasteiger charge is -2.11. The van der Waals surface area contributed by atoms with Crippen LogP contribution in [0.15, 0.2) is 36.7 Å². The third-order valence-electron chi connectivity index (χ3n) is 5.25. The van der Waals surface area contributed by atoms with Crippen molar-refractivity contribution in [2.24, 2.45) is 0 Å². The number of carbonyl (C=O) groups is 1. The van der Waals surface area contributed by atoms with Crippen molar-refractivity contribution in [3.63, 3.8) is 0 Å². The van der Waals surface area contributed by atoms with E-state index in [1.54, 1.807) is 22.8 Å². The van der Waals surface area contributed by atoms with E-state index < -0.39 is 11.8 Å². The summed E-state index contributed by atoms with van der Waals surface area (Å²) in [6.45, 7) is 2.93. The summed E-state index contributed by atoms with van der Waals surface area (Å²) in [5.74, 6) is 0.187. The molecule has 0 radical (unpaired) electrons. The molecule has 0 aliphatic carbocycles. The van der Waals surface area contributed by atoms with Crippen molar-refractivity contribution in [3.8, 4) is 28.1 Å². The van der Waals surface area contributed by atoms with Crippen LogP contribution in [0.4, 0.5) is 10.2 Å². The number of aromatic nitrogens is 3. The van der Waals surface area contributed by atoms with Gasteiger partial charge in [-0.25, -0.2) is 14.4 Å². The molecule has 0 bridgehead atoms. The topological polar surface area (TPSA) is 122 Å². The molecule has 4 rings (SSSR count). The smallest absolute Gasteiger partial charge is 0.308 e. The third kappa shape index (κ3) is 5.02. The molecule has 0 aliphatic heterocycles. The van der Waals surface area contributed by atoms with Crippen molar-refractivity contribution in [2.75, 3.05) is 25.6 Å². The molecule has 11 heteroatoms. The van der Waals surface area contributed by atoms with Crippen LogP contribution in [-0.4, -0.2) is 45.9 Å². The van der Waals surface area contributed by atoms with Gasteiger partial charge in [0.05, 0.1) is 41.1 Å². The van der Waals surface area contributed by atoms with Crippen LogP contribution in [0.2, 0.25) is 0 Å². The van der Waals surface area contributed by atoms with Crippen LogP contribution in [0.25, 0.3) is 21.5 Å². The zero-order valence-corrected chi connectivity index (χ0v) is 19.9. The number of hydrogen-bond acceptors (Lipinski definition) is 8. The van der Waals surface area contributed by atoms with Gasteiger partial charge in [0.25, 0.3) is 0 Å². The molecule has 0 spiro atoms. The Bertz CT molecular complexity index is 1430. The molecule has 3 heterocycles. The lowest BCUT2D eigenvalue weighted by atomic mass is 10.2. The van der Waals surface area contributed by atoms with Gasteiger partial charge in [0.1, 0.15) is 41.2 Å². The van der Waals surface area contributed by atoms with Crippen LogP contribution in [0.3, 0.4) is 0 Å². The number of nitriles is 1. The molecule has 4 aromatic rings. The number of nitrogens with one attached hydrogen (secondary N) is 1. The van der Waals surface area contributed by atoms with E-state index in [-0.39, 0.29) is 6.42 Å². The fraction of sp³-hybridized carbons (Fsp3) is 0.250. The number of thiophene rings is 1. The Morgan fingerprint density at radius 3 is 2.83 bits per heavy atom. The fourth-order valence-electron chi connectivity index (χ4n) is 3.78. The normalized spacial score (nSPS) is 10.8. The van der Waals surface area contributed by atoms with Crippen molar-refractivity contribution < 1.29 is 23.8 Å². The Labute approximate surface area is 204 Å². The summed E-state index contributed by atoms with van der Waals surface area (Å²) in [6, 6.07) is 10.1. The molecular weight excluding hydrogens is 473 g/mol. The van der Waals surface area contributed by atoms with Crippen molar-refractivity contribution >= 4 is 34.0 Å². The van der Waals surface area contributed by atoms with Gasteiger partial charge in [0.2, 0.25) is 0 Å². The Morgan fingerprint density at radius 1 is 1.29 bits per heavy atom. The average Bonchev–Trinajstić information content (AvgIpc) is 3.41. The van der Waals surface area contributed by atoms with Crippen molar-refractivity contribution in [3.05, 3.63) is 53.0 Å². The molecule has 0 saturated carbocycles. The summed E-state index contributed by atoms with van der Waals surface area (Å²) >= 11 is 1.31. The van der Waals surface area contributed by atoms with Crippen LogP contribution < -0.4 is 14.8 Å². The van der Waals surface area contributed by atoms with E-state index in [1.807, 2.05) is 6.92 Å². The number of nitrogens with zero attached hydrogens (tertiary/aromatic N) is 4. The van der Waals surface area contributed by atoms with Gasteiger partial charge in [-0.3, -0.25) is 4.79 Å². The van der Waals surface area contributed by atoms with E-state index in [9.17, 15) is 19.6 Å². The second kappa shape index (κ2) is 10.4. The summed E-state index contributed by atoms with van der Waals surface area (Å²) in [4.78, 5) is 21.1. The van der Waals surface area contributed by atoms with E-state index >= 15 is 0 Å². The standard InChI is InChI=1S/C24H22FN5O4S/c1-3-34-19-10-20(35-21(19)11-23(31)32)17-9-22(29-13-28-17)27-6-7-30-14(12-26)8-15-18(33-2)5-4-16(25)24(15)30/h4-5,8-10,13H,3,6-7,11H2,1-2H3,(H,31,32)(H,27,28,29). The number of aliphatic carboxylic acids is 1. The van der Waals surface area contributed by atoms with Gasteiger partial charge in [-0.1, -0.05) is 0 Å². The Kier molecular flexibility index (Phi) is 7.12. The molecule has 0 unspecified atom stereocenters. The molecule has 180 valence electrons. The summed E-state index contributed by atoms with van der Waals surface area (Å²) in [6.07, 6.45) is 1.27. The van der Waals surface area contributed by atoms with Crippen LogP contribution in [0.1, 0.15) is 17.5 Å². The molecule has 9 nitrogen and oxygen atoms in total. The van der Waals surface area contributed by atoms with Gasteiger partial charge in [-0.15, -0.1) is 11.3 Å². The predicted molar refractivity (Wildman–Crippen MR) is 130 cm³/mol. The first kappa shape index (κ1) is 24.0. The van der Waals surface area contributed by atoms with Crippen molar-refractivity contribution in [1.82, 2.24) is 14.5 Å². The van der Waals surface area contributed by atoms with Crippen molar-refractivity contribution in [2.45, 2.75) is 19.9 Å². The maximum absolute atomic E-state index is 14.6. The molecule has 0 fully saturated rings. The van der Waals surface area contributed by atoms with E-state index in [0.29, 0.717) is 64.2 Å². The highest BCUT2D eigenvalue weighted by atomic mass is 32.1. The minimum atomic E-state index is -0.937. The van der Waals surface area contributed by atoms with Gasteiger partial charge in [-0.2, -0.15) is 5.26 Å². The minimum absolute atomic E-state index is 0.135. The number of rotatable bonds is 10. The molecule has 3 aromatic heterocycles. The van der Waals surface area contributed by atoms with Gasteiger partial charge < -0.3 is 24.5 Å². The van der Waals surface area contributed by atoms with Crippen LogP contribution in [0.5, 0.6) is 11.5 Å². The molecule has 0 amide bonds. The quantitative estimate of drug-likeness (QED) is 0.334. The van der Waals surface area contributed by atoms with Crippen LogP contribution in [0, 0.1) is 17.1 Å². The zero-order chi connectivity index (χ0) is 24.9. The summed E-state index contributed by atoms with van der Waals surface area (Å²) < 4.78 is 27.1. The largest absolute Gasteiger partial charge is 0.496 e. The molecule has 0 atom stereocenters. The maximum Gasteiger partial charge on any atom is 0.308 e. The second-order valence-corrected chi connectivity index (χ2v) is 8.56. The first-order chi connectivity index (χ1) is 16.9. The number of ether oxygens (including phenoxy) is 2. The van der Waals surface area contributed by atoms with Crippen LogP contribution >= 0.6 is 11.3 Å². The predicted octanol–water partition coefficient (Wildman–Crippen LogP) is 4.32. The number of anilines is 1. The SMILES string of the molecule is CCOc1cc(-c2cc(NCCn3c(C#N)cc4c(OC)ccc(F)c43)ncn2)sc1CC(=O)O. The Balaban J connectivity index is 1.54. The van der Waals surface area contributed by atoms with E-state index in [1.165, 1.54) is 36.9 Å². The first-order valence-corrected chi connectivity index (χ1v) is 11.6. The Hall–Kier alpha value is -4.17. The number of methoxy groups -OCH3 is 1. The number of fused-ring (bicyclic) bond motifs is 1. The van der Waals surface area contributed by atoms with Gasteiger partial charge in [0.15, 0.2) is 0 Å². The van der Waals surface area contributed by atoms with E-state index in [4.69, 9.17) is 9.47 Å². The summed E-state index contributed by atoms with van der Waals surface area (Å²) in [5.41, 5.74) is 1.24. The molecule has 0 aliphatic rings. The first-order valence-electron chi connectivity index (χ1n) is 10.7. The van der Waals surface area contributed by atoms with Crippen LogP contribution in [-0.2, 0) is 17.8 Å². The second-order valence-electron chi connectivity index (χ2n) is 7.42. The number of carboxylic acid groups (broad SMARTS) is 1. The van der Waals surface area contributed by atoms with Crippen molar-refractivity contribution in [1.29, 1.82) is 5.26 Å². The van der Waals surface area contributed by atoms with E-state index in [2.05, 4.69) is 21.4 Å². The maximum atomic E-state index is 14.6. The van der Waals surface area contributed by atoms with E-state index in [0.717, 1.165) is 4.88 Å². The minimum Gasteiger partial charge on any atom is -0.496 e. The summed E-state index contributed by atoms with van der Waals surface area (Å²) in [7, 11) is 1.50. The lowest BCUT2D eigenvalue weighted by molar-refractivity contribution is -0.136. The number of benzene rings is 1. The van der Waals surface area contributed by atoms with Gasteiger partial charge in [0, 0.05) is 30.6 Å². The highest BCUT2D eigenvalue weighted by molar-refractivity contribution is 7.15. The Morgan fingerprint density at radius 2 is 2.11 bits per heavy atom. The molecule has 1 aromatic carbocycles. The number of hydrogen-bond donors (Lipinski definition) is 2. The lowest BCUT2D eigenvalue weighted by Crippen LogP contribution is -2.13. The molecule has 0 saturated heterocycles. The summed E-state index contributed by atoms with van der Waals surface area (Å²) in [5, 5.41) is 22.4. The zero-order valence-electron chi connectivity index (χ0n) is 19.0. The van der Waals surface area contributed by atoms with Gasteiger partial charge >= 0.3 is 5.97 Å². The number of carboxylic acids is 1. The highest BCUT2D eigenvalue weighted by Gasteiger charge is 2.17. The average molecular weight is 496 g/mol. The molecule has 35 heavy (non-hydrogen) atoms. The highest BCUT2D eigenvalue weighted by Crippen LogP contribution is 2.36. The molecular formula is C24H22FN5O4S. The molecule has 2 N–H and O–H groups in total. The van der Waals surface area contributed by atoms with Gasteiger partial charge in [-0.05, 0) is 25.1 Å². The number of halogens is 1. The monoisotopic (exact) mass is 495 g/mol. The third-order valence-corrected chi connectivity index (χ3v) is 6.39. The fourth-order valence-corrected chi connectivity index (χ4v) is 4.84.